The van der Waals surface area contributed by atoms with Crippen molar-refractivity contribution in [3.8, 4) is 0 Å². The Morgan fingerprint density at radius 3 is 3.00 bits per heavy atom. The number of benzene rings is 1. The van der Waals surface area contributed by atoms with Crippen LogP contribution < -0.4 is 0 Å². The van der Waals surface area contributed by atoms with E-state index in [0.29, 0.717) is 0 Å². The van der Waals surface area contributed by atoms with Crippen LogP contribution in [0.5, 0.6) is 0 Å². The zero-order valence-electron chi connectivity index (χ0n) is 8.51. The van der Waals surface area contributed by atoms with E-state index in [1.54, 1.807) is 18.0 Å². The van der Waals surface area contributed by atoms with Gasteiger partial charge in [0.2, 0.25) is 0 Å². The summed E-state index contributed by atoms with van der Waals surface area (Å²) in [7, 11) is 0. The molecule has 0 bridgehead atoms. The topological polar surface area (TPSA) is 37.1 Å². The van der Waals surface area contributed by atoms with E-state index in [1.165, 1.54) is 0 Å². The summed E-state index contributed by atoms with van der Waals surface area (Å²) in [5.41, 5.74) is 2.12. The summed E-state index contributed by atoms with van der Waals surface area (Å²) in [4.78, 5) is 4.53. The van der Waals surface area contributed by atoms with E-state index >= 15 is 0 Å². The number of aliphatic imine (C=N–C) groups is 1. The van der Waals surface area contributed by atoms with Gasteiger partial charge in [-0.1, -0.05) is 23.7 Å². The lowest BCUT2D eigenvalue weighted by Crippen LogP contribution is -2.06. The van der Waals surface area contributed by atoms with Crippen LogP contribution >= 0.6 is 23.4 Å². The number of aryl methyl sites for hydroxylation is 1. The highest BCUT2D eigenvalue weighted by atomic mass is 35.5. The highest BCUT2D eigenvalue weighted by Crippen LogP contribution is 2.29. The number of fused-ring (bicyclic) bond motifs is 1. The average Bonchev–Trinajstić information content (AvgIpc) is 2.81. The molecule has 1 aromatic carbocycles. The van der Waals surface area contributed by atoms with Crippen LogP contribution in [0.25, 0.3) is 0 Å². The fourth-order valence-electron chi connectivity index (χ4n) is 1.56. The van der Waals surface area contributed by atoms with Crippen LogP contribution in [0.2, 0.25) is 5.02 Å². The van der Waals surface area contributed by atoms with Gasteiger partial charge >= 0.3 is 0 Å². The predicted octanol–water partition coefficient (Wildman–Crippen LogP) is 2.91. The van der Waals surface area contributed by atoms with Crippen molar-refractivity contribution in [2.45, 2.75) is 13.0 Å². The summed E-state index contributed by atoms with van der Waals surface area (Å²) in [6.07, 6.45) is 1.76. The molecule has 1 aromatic rings. The maximum Gasteiger partial charge on any atom is 0.138 e. The smallest absolute Gasteiger partial charge is 0.138 e. The van der Waals surface area contributed by atoms with E-state index < -0.39 is 0 Å². The average molecular weight is 250 g/mol. The summed E-state index contributed by atoms with van der Waals surface area (Å²) in [6, 6.07) is 6.01. The molecule has 0 saturated heterocycles. The first-order valence-corrected chi connectivity index (χ1v) is 6.07. The summed E-state index contributed by atoms with van der Waals surface area (Å²) in [5.74, 6) is 0. The number of hydrogen-bond acceptors (Lipinski definition) is 4. The highest BCUT2D eigenvalue weighted by molar-refractivity contribution is 8.27. The number of thioether (sulfide) groups is 1. The molecule has 2 aliphatic rings. The summed E-state index contributed by atoms with van der Waals surface area (Å²) in [5, 5.41) is 10.5. The lowest BCUT2D eigenvalue weighted by molar-refractivity contribution is 1.22. The molecule has 0 fully saturated rings. The van der Waals surface area contributed by atoms with Gasteiger partial charge < -0.3 is 0 Å². The largest absolute Gasteiger partial charge is 0.261 e. The van der Waals surface area contributed by atoms with Crippen molar-refractivity contribution in [2.24, 2.45) is 15.2 Å². The van der Waals surface area contributed by atoms with Crippen LogP contribution in [0.1, 0.15) is 11.1 Å². The Morgan fingerprint density at radius 1 is 1.38 bits per heavy atom. The third-order valence-corrected chi connectivity index (χ3v) is 3.97. The normalized spacial score (nSPS) is 22.0. The Kier molecular flexibility index (Phi) is 2.33. The minimum atomic E-state index is 0.0279. The second kappa shape index (κ2) is 3.71. The Hall–Kier alpha value is -1.13. The molecule has 2 heterocycles. The van der Waals surface area contributed by atoms with Gasteiger partial charge in [-0.15, -0.1) is 5.10 Å². The molecule has 16 heavy (non-hydrogen) atoms. The maximum atomic E-state index is 6.09. The Bertz CT molecular complexity index is 548. The van der Waals surface area contributed by atoms with Crippen LogP contribution in [0.3, 0.4) is 0 Å². The molecule has 0 N–H and O–H groups in total. The van der Waals surface area contributed by atoms with Crippen molar-refractivity contribution in [2.75, 3.05) is 0 Å². The molecule has 0 aromatic heterocycles. The van der Waals surface area contributed by atoms with Crippen molar-refractivity contribution in [3.05, 3.63) is 34.3 Å². The summed E-state index contributed by atoms with van der Waals surface area (Å²) >= 11 is 7.66. The van der Waals surface area contributed by atoms with Crippen molar-refractivity contribution in [1.82, 2.24) is 0 Å². The quantitative estimate of drug-likeness (QED) is 0.754. The number of halogens is 1. The zero-order chi connectivity index (χ0) is 11.1. The molecule has 80 valence electrons. The molecule has 0 unspecified atom stereocenters. The second-order valence-corrected chi connectivity index (χ2v) is 5.06. The minimum Gasteiger partial charge on any atom is -0.261 e. The van der Waals surface area contributed by atoms with Gasteiger partial charge in [-0.3, -0.25) is 4.99 Å². The first-order valence-electron chi connectivity index (χ1n) is 4.87. The van der Waals surface area contributed by atoms with Gasteiger partial charge in [-0.05, 0) is 30.3 Å². The van der Waals surface area contributed by atoms with E-state index in [-0.39, 0.29) is 6.04 Å². The van der Waals surface area contributed by atoms with Crippen LogP contribution in [-0.4, -0.2) is 22.3 Å². The van der Waals surface area contributed by atoms with Crippen molar-refractivity contribution in [1.29, 1.82) is 0 Å². The Morgan fingerprint density at radius 2 is 2.25 bits per heavy atom. The van der Waals surface area contributed by atoms with E-state index in [0.717, 1.165) is 26.2 Å². The van der Waals surface area contributed by atoms with E-state index in [1.807, 2.05) is 25.1 Å². The lowest BCUT2D eigenvalue weighted by atomic mass is 10.1. The molecule has 0 amide bonds. The first-order chi connectivity index (χ1) is 7.74. The molecule has 2 aliphatic heterocycles. The summed E-state index contributed by atoms with van der Waals surface area (Å²) in [6.45, 7) is 1.99. The molecule has 1 atom stereocenters. The SMILES string of the molecule is Cc1ccc(C2=N[C@H]3C=NN=C3S2)cc1Cl. The first kappa shape index (κ1) is 10.1. The monoisotopic (exact) mass is 249 g/mol. The van der Waals surface area contributed by atoms with Gasteiger partial charge in [0.15, 0.2) is 0 Å². The van der Waals surface area contributed by atoms with Gasteiger partial charge in [0, 0.05) is 10.6 Å². The minimum absolute atomic E-state index is 0.0279. The van der Waals surface area contributed by atoms with Crippen LogP contribution in [0.4, 0.5) is 0 Å². The Balaban J connectivity index is 1.97. The van der Waals surface area contributed by atoms with Crippen LogP contribution in [0, 0.1) is 6.92 Å². The fourth-order valence-corrected chi connectivity index (χ4v) is 2.67. The van der Waals surface area contributed by atoms with E-state index in [2.05, 4.69) is 15.2 Å². The lowest BCUT2D eigenvalue weighted by Gasteiger charge is -2.02. The number of rotatable bonds is 1. The standard InChI is InChI=1S/C11H8ClN3S/c1-6-2-3-7(4-8(6)12)10-14-9-5-13-15-11(9)16-10/h2-5,9H,1H3/t9-/m0/s1. The van der Waals surface area contributed by atoms with Gasteiger partial charge in [0.05, 0.1) is 6.21 Å². The second-order valence-electron chi connectivity index (χ2n) is 3.65. The van der Waals surface area contributed by atoms with Gasteiger partial charge in [0.1, 0.15) is 16.1 Å². The summed E-state index contributed by atoms with van der Waals surface area (Å²) < 4.78 is 0. The van der Waals surface area contributed by atoms with Crippen molar-refractivity contribution < 1.29 is 0 Å². The maximum absolute atomic E-state index is 6.09. The van der Waals surface area contributed by atoms with E-state index in [9.17, 15) is 0 Å². The molecule has 5 heteroatoms. The van der Waals surface area contributed by atoms with Gasteiger partial charge in [-0.2, -0.15) is 5.10 Å². The van der Waals surface area contributed by atoms with Crippen molar-refractivity contribution in [3.63, 3.8) is 0 Å². The molecular weight excluding hydrogens is 242 g/mol. The predicted molar refractivity (Wildman–Crippen MR) is 70.0 cm³/mol. The highest BCUT2D eigenvalue weighted by Gasteiger charge is 2.28. The third kappa shape index (κ3) is 1.58. The molecule has 0 radical (unpaired) electrons. The van der Waals surface area contributed by atoms with Crippen molar-refractivity contribution >= 4 is 39.7 Å². The van der Waals surface area contributed by atoms with Gasteiger partial charge in [-0.25, -0.2) is 0 Å². The molecule has 0 spiro atoms. The zero-order valence-corrected chi connectivity index (χ0v) is 10.1. The molecule has 3 nitrogen and oxygen atoms in total. The fraction of sp³-hybridized carbons (Fsp3) is 0.182. The molecule has 0 saturated carbocycles. The number of nitrogens with zero attached hydrogens (tertiary/aromatic N) is 3. The molecular formula is C11H8ClN3S. The number of hydrogen-bond donors (Lipinski definition) is 0. The molecule has 3 rings (SSSR count). The Labute approximate surface area is 102 Å². The van der Waals surface area contributed by atoms with Crippen LogP contribution in [0.15, 0.2) is 33.4 Å². The van der Waals surface area contributed by atoms with Gasteiger partial charge in [0.25, 0.3) is 0 Å². The molecule has 0 aliphatic carbocycles. The van der Waals surface area contributed by atoms with Crippen LogP contribution in [-0.2, 0) is 0 Å². The third-order valence-electron chi connectivity index (χ3n) is 2.49. The van der Waals surface area contributed by atoms with E-state index in [4.69, 9.17) is 11.6 Å².